The molecule has 2 aromatic rings. The third-order valence-electron chi connectivity index (χ3n) is 5.10. The van der Waals surface area contributed by atoms with Crippen molar-refractivity contribution in [2.24, 2.45) is 0 Å². The lowest BCUT2D eigenvalue weighted by molar-refractivity contribution is -0.0123. The summed E-state index contributed by atoms with van der Waals surface area (Å²) in [5.74, 6) is 1.80. The maximum Gasteiger partial charge on any atom is 0.238 e. The molecule has 0 unspecified atom stereocenters. The molecule has 124 valence electrons. The smallest absolute Gasteiger partial charge is 0.238 e. The van der Waals surface area contributed by atoms with Crippen LogP contribution in [0.4, 0.5) is 0 Å². The van der Waals surface area contributed by atoms with Gasteiger partial charge in [-0.25, -0.2) is 0 Å². The zero-order valence-corrected chi connectivity index (χ0v) is 14.5. The Labute approximate surface area is 148 Å². The van der Waals surface area contributed by atoms with Gasteiger partial charge in [0.15, 0.2) is 17.1 Å². The van der Waals surface area contributed by atoms with E-state index in [4.69, 9.17) is 42.1 Å². The molecule has 3 aliphatic heterocycles. The largest absolute Gasteiger partial charge is 0.496 e. The zero-order chi connectivity index (χ0) is 16.7. The Bertz CT molecular complexity index is 912. The van der Waals surface area contributed by atoms with Crippen LogP contribution in [0.25, 0.3) is 10.8 Å². The summed E-state index contributed by atoms with van der Waals surface area (Å²) >= 11 is 13.4. The number of alkyl halides is 2. The summed E-state index contributed by atoms with van der Waals surface area (Å²) in [5.41, 5.74) is -0.249. The quantitative estimate of drug-likeness (QED) is 0.597. The van der Waals surface area contributed by atoms with E-state index in [1.165, 1.54) is 0 Å². The molecule has 2 aromatic carbocycles. The van der Waals surface area contributed by atoms with Crippen LogP contribution in [0.5, 0.6) is 17.2 Å². The highest BCUT2D eigenvalue weighted by Gasteiger charge is 2.74. The van der Waals surface area contributed by atoms with Crippen LogP contribution < -0.4 is 14.2 Å². The van der Waals surface area contributed by atoms with Gasteiger partial charge in [-0.2, -0.15) is 0 Å². The van der Waals surface area contributed by atoms with Crippen molar-refractivity contribution in [3.63, 3.8) is 0 Å². The lowest BCUT2D eigenvalue weighted by Crippen LogP contribution is -2.48. The highest BCUT2D eigenvalue weighted by molar-refractivity contribution is 6.34. The Morgan fingerprint density at radius 1 is 1.08 bits per heavy atom. The van der Waals surface area contributed by atoms with E-state index < -0.39 is 16.0 Å². The van der Waals surface area contributed by atoms with Gasteiger partial charge < -0.3 is 18.9 Å². The van der Waals surface area contributed by atoms with E-state index in [-0.39, 0.29) is 6.10 Å². The van der Waals surface area contributed by atoms with Crippen molar-refractivity contribution in [3.05, 3.63) is 42.0 Å². The van der Waals surface area contributed by atoms with Crippen LogP contribution in [-0.4, -0.2) is 30.8 Å². The van der Waals surface area contributed by atoms with Crippen molar-refractivity contribution in [2.45, 2.75) is 22.1 Å². The molecule has 4 atom stereocenters. The second-order valence-electron chi connectivity index (χ2n) is 6.14. The van der Waals surface area contributed by atoms with Crippen molar-refractivity contribution in [1.29, 1.82) is 0 Å². The molecule has 0 radical (unpaired) electrons. The van der Waals surface area contributed by atoms with Gasteiger partial charge in [0, 0.05) is 10.8 Å². The van der Waals surface area contributed by atoms with E-state index >= 15 is 0 Å². The second-order valence-corrected chi connectivity index (χ2v) is 7.17. The zero-order valence-electron chi connectivity index (χ0n) is 13.0. The Morgan fingerprint density at radius 2 is 1.75 bits per heavy atom. The van der Waals surface area contributed by atoms with E-state index in [2.05, 4.69) is 0 Å². The minimum absolute atomic E-state index is 0.292. The molecule has 6 heteroatoms. The Kier molecular flexibility index (Phi) is 2.76. The van der Waals surface area contributed by atoms with E-state index in [9.17, 15) is 0 Å². The van der Waals surface area contributed by atoms with Crippen LogP contribution in [0, 0.1) is 0 Å². The van der Waals surface area contributed by atoms with Gasteiger partial charge in [-0.3, -0.25) is 0 Å². The first-order valence-electron chi connectivity index (χ1n) is 7.63. The number of rotatable bonds is 2. The van der Waals surface area contributed by atoms with E-state index in [0.29, 0.717) is 17.2 Å². The van der Waals surface area contributed by atoms with Crippen molar-refractivity contribution in [1.82, 2.24) is 0 Å². The maximum atomic E-state index is 6.86. The first kappa shape index (κ1) is 14.7. The highest BCUT2D eigenvalue weighted by Crippen LogP contribution is 2.68. The van der Waals surface area contributed by atoms with E-state index in [1.807, 2.05) is 36.4 Å². The topological polar surface area (TPSA) is 36.9 Å². The molecule has 3 heterocycles. The summed E-state index contributed by atoms with van der Waals surface area (Å²) in [6.45, 7) is 0. The van der Waals surface area contributed by atoms with Crippen LogP contribution >= 0.6 is 23.2 Å². The maximum absolute atomic E-state index is 6.86. The molecule has 1 fully saturated rings. The number of ether oxygens (including phenoxy) is 4. The van der Waals surface area contributed by atoms with Crippen LogP contribution in [0.2, 0.25) is 0 Å². The van der Waals surface area contributed by atoms with Gasteiger partial charge in [0.2, 0.25) is 5.06 Å². The highest BCUT2D eigenvalue weighted by atomic mass is 35.5. The Morgan fingerprint density at radius 3 is 2.42 bits per heavy atom. The molecule has 0 aliphatic carbocycles. The molecular formula is C18H14Cl2O4. The summed E-state index contributed by atoms with van der Waals surface area (Å²) in [7, 11) is 3.24. The predicted molar refractivity (Wildman–Crippen MR) is 91.6 cm³/mol. The molecule has 0 amide bonds. The van der Waals surface area contributed by atoms with Crippen LogP contribution in [0.15, 0.2) is 36.4 Å². The van der Waals surface area contributed by atoms with Gasteiger partial charge in [0.05, 0.1) is 25.9 Å². The SMILES string of the molecule is COc1c2c(c(OC)c3ccccc13)[C@]13C=C[C@H](O1)[C@H](Cl)[C@]3(Cl)O2. The standard InChI is InChI=1S/C18H14Cl2O4/c1-21-13-9-5-3-4-6-10(9)14(22-2)15-12(13)17-8-7-11(23-17)16(19)18(17,20)24-15/h3-8,11,16H,1-2H3/t11-,16-,17-,18-/m0/s1. The molecule has 1 saturated heterocycles. The fraction of sp³-hybridized carbons (Fsp3) is 0.333. The number of methoxy groups -OCH3 is 2. The van der Waals surface area contributed by atoms with E-state index in [0.717, 1.165) is 16.3 Å². The monoisotopic (exact) mass is 364 g/mol. The summed E-state index contributed by atoms with van der Waals surface area (Å²) in [6.07, 6.45) is 3.56. The molecule has 1 spiro atoms. The number of halogens is 2. The Hall–Kier alpha value is -1.62. The molecule has 2 bridgehead atoms. The summed E-state index contributed by atoms with van der Waals surface area (Å²) in [5, 5.41) is 0.0489. The van der Waals surface area contributed by atoms with Gasteiger partial charge >= 0.3 is 0 Å². The minimum atomic E-state index is -1.23. The summed E-state index contributed by atoms with van der Waals surface area (Å²) < 4.78 is 23.8. The first-order chi connectivity index (χ1) is 11.6. The second kappa shape index (κ2) is 4.51. The van der Waals surface area contributed by atoms with Crippen LogP contribution in [-0.2, 0) is 10.3 Å². The average molecular weight is 365 g/mol. The molecule has 24 heavy (non-hydrogen) atoms. The van der Waals surface area contributed by atoms with Crippen molar-refractivity contribution < 1.29 is 18.9 Å². The number of fused-ring (bicyclic) bond motifs is 3. The number of hydrogen-bond acceptors (Lipinski definition) is 4. The van der Waals surface area contributed by atoms with Crippen molar-refractivity contribution >= 4 is 34.0 Å². The van der Waals surface area contributed by atoms with Gasteiger partial charge in [-0.1, -0.05) is 41.9 Å². The minimum Gasteiger partial charge on any atom is -0.496 e. The number of hydrogen-bond donors (Lipinski definition) is 0. The first-order valence-corrected chi connectivity index (χ1v) is 8.45. The molecule has 4 nitrogen and oxygen atoms in total. The summed E-state index contributed by atoms with van der Waals surface area (Å²) in [6, 6.07) is 7.82. The van der Waals surface area contributed by atoms with E-state index in [1.54, 1.807) is 14.2 Å². The molecule has 5 rings (SSSR count). The van der Waals surface area contributed by atoms with Crippen molar-refractivity contribution in [2.75, 3.05) is 14.2 Å². The van der Waals surface area contributed by atoms with Crippen LogP contribution in [0.1, 0.15) is 5.56 Å². The normalized spacial score (nSPS) is 35.0. The van der Waals surface area contributed by atoms with Gasteiger partial charge in [-0.05, 0) is 6.08 Å². The fourth-order valence-electron chi connectivity index (χ4n) is 4.09. The predicted octanol–water partition coefficient (Wildman–Crippen LogP) is 3.96. The van der Waals surface area contributed by atoms with Gasteiger partial charge in [-0.15, -0.1) is 11.6 Å². The lowest BCUT2D eigenvalue weighted by atomic mass is 9.84. The summed E-state index contributed by atoms with van der Waals surface area (Å²) in [4.78, 5) is 0. The van der Waals surface area contributed by atoms with Crippen molar-refractivity contribution in [3.8, 4) is 17.2 Å². The third kappa shape index (κ3) is 1.38. The molecule has 0 aromatic heterocycles. The fourth-order valence-corrected chi connectivity index (χ4v) is 4.83. The molecule has 0 saturated carbocycles. The average Bonchev–Trinajstić information content (AvgIpc) is 3.20. The van der Waals surface area contributed by atoms with Crippen LogP contribution in [0.3, 0.4) is 0 Å². The Balaban J connectivity index is 1.94. The molecule has 3 aliphatic rings. The number of benzene rings is 2. The van der Waals surface area contributed by atoms with Gasteiger partial charge in [0.25, 0.3) is 0 Å². The molecular weight excluding hydrogens is 351 g/mol. The lowest BCUT2D eigenvalue weighted by Gasteiger charge is -2.32. The van der Waals surface area contributed by atoms with Gasteiger partial charge in [0.1, 0.15) is 11.1 Å². The third-order valence-corrected chi connectivity index (χ3v) is 6.36. The molecule has 0 N–H and O–H groups in total.